The highest BCUT2D eigenvalue weighted by Crippen LogP contribution is 2.27. The van der Waals surface area contributed by atoms with Crippen LogP contribution < -0.4 is 10.9 Å². The van der Waals surface area contributed by atoms with E-state index < -0.39 is 0 Å². The molecule has 5 nitrogen and oxygen atoms in total. The zero-order valence-electron chi connectivity index (χ0n) is 14.4. The van der Waals surface area contributed by atoms with Crippen LogP contribution in [0.25, 0.3) is 22.2 Å². The lowest BCUT2D eigenvalue weighted by molar-refractivity contribution is 1.14. The van der Waals surface area contributed by atoms with Crippen molar-refractivity contribution in [3.8, 4) is 11.1 Å². The van der Waals surface area contributed by atoms with E-state index in [9.17, 15) is 4.79 Å². The average Bonchev–Trinajstić information content (AvgIpc) is 2.69. The van der Waals surface area contributed by atoms with E-state index in [-0.39, 0.29) is 5.56 Å². The monoisotopic (exact) mass is 394 g/mol. The van der Waals surface area contributed by atoms with Crippen molar-refractivity contribution in [2.24, 2.45) is 0 Å². The molecule has 0 unspecified atom stereocenters. The van der Waals surface area contributed by atoms with Gasteiger partial charge in [-0.1, -0.05) is 23.7 Å². The number of nitrogens with zero attached hydrogens (tertiary/aromatic N) is 2. The largest absolute Gasteiger partial charge is 0.326 e. The minimum Gasteiger partial charge on any atom is -0.326 e. The molecule has 0 atom stereocenters. The van der Waals surface area contributed by atoms with Gasteiger partial charge in [0.15, 0.2) is 5.65 Å². The second-order valence-corrected chi connectivity index (χ2v) is 7.15. The van der Waals surface area contributed by atoms with E-state index in [0.29, 0.717) is 22.0 Å². The fourth-order valence-electron chi connectivity index (χ4n) is 2.80. The van der Waals surface area contributed by atoms with Gasteiger partial charge in [-0.15, -0.1) is 11.8 Å². The highest BCUT2D eigenvalue weighted by molar-refractivity contribution is 7.98. The normalized spacial score (nSPS) is 10.9. The number of anilines is 2. The van der Waals surface area contributed by atoms with Gasteiger partial charge in [-0.3, -0.25) is 9.78 Å². The van der Waals surface area contributed by atoms with Crippen LogP contribution >= 0.6 is 23.4 Å². The van der Waals surface area contributed by atoms with E-state index in [4.69, 9.17) is 11.6 Å². The van der Waals surface area contributed by atoms with Gasteiger partial charge in [-0.05, 0) is 59.8 Å². The van der Waals surface area contributed by atoms with Crippen molar-refractivity contribution in [2.45, 2.75) is 4.90 Å². The smallest absolute Gasteiger partial charge is 0.262 e. The van der Waals surface area contributed by atoms with Gasteiger partial charge in [-0.2, -0.15) is 4.98 Å². The zero-order chi connectivity index (χ0) is 18.8. The molecule has 134 valence electrons. The third kappa shape index (κ3) is 3.67. The highest BCUT2D eigenvalue weighted by Gasteiger charge is 2.11. The standard InChI is InChI=1S/C20H15ClN4OS/c1-27-15-8-2-12(3-9-15)16-10-11-22-18-17(16)19(26)25-20(24-18)23-14-6-4-13(21)5-7-14/h2-11H,1H3,(H2,22,23,24,25,26). The second kappa shape index (κ2) is 7.42. The van der Waals surface area contributed by atoms with Crippen LogP contribution in [0.4, 0.5) is 11.6 Å². The van der Waals surface area contributed by atoms with E-state index in [1.807, 2.05) is 48.7 Å². The molecule has 2 N–H and O–H groups in total. The van der Waals surface area contributed by atoms with Crippen LogP contribution in [-0.2, 0) is 0 Å². The Hall–Kier alpha value is -2.83. The predicted octanol–water partition coefficient (Wildman–Crippen LogP) is 5.10. The summed E-state index contributed by atoms with van der Waals surface area (Å²) in [5, 5.41) is 4.18. The summed E-state index contributed by atoms with van der Waals surface area (Å²) in [6.07, 6.45) is 3.69. The summed E-state index contributed by atoms with van der Waals surface area (Å²) < 4.78 is 0. The first-order valence-corrected chi connectivity index (χ1v) is 9.80. The predicted molar refractivity (Wildman–Crippen MR) is 112 cm³/mol. The molecule has 4 rings (SSSR count). The lowest BCUT2D eigenvalue weighted by Crippen LogP contribution is -2.13. The SMILES string of the molecule is CSc1ccc(-c2ccnc3nc(Nc4ccc(Cl)cc4)[nH]c(=O)c23)cc1. The molecule has 0 saturated carbocycles. The molecule has 0 aliphatic carbocycles. The number of rotatable bonds is 4. The van der Waals surface area contributed by atoms with Gasteiger partial charge in [0.2, 0.25) is 5.95 Å². The van der Waals surface area contributed by atoms with Crippen molar-refractivity contribution in [1.82, 2.24) is 15.0 Å². The third-order valence-electron chi connectivity index (χ3n) is 4.12. The van der Waals surface area contributed by atoms with Crippen LogP contribution in [0.5, 0.6) is 0 Å². The van der Waals surface area contributed by atoms with E-state index in [1.165, 1.54) is 4.90 Å². The Morgan fingerprint density at radius 3 is 2.48 bits per heavy atom. The van der Waals surface area contributed by atoms with Gasteiger partial charge in [0.1, 0.15) is 0 Å². The lowest BCUT2D eigenvalue weighted by Gasteiger charge is -2.09. The molecule has 0 radical (unpaired) electrons. The first-order chi connectivity index (χ1) is 13.1. The summed E-state index contributed by atoms with van der Waals surface area (Å²) in [7, 11) is 0. The maximum atomic E-state index is 12.8. The molecular weight excluding hydrogens is 380 g/mol. The minimum atomic E-state index is -0.242. The number of hydrogen-bond acceptors (Lipinski definition) is 5. The van der Waals surface area contributed by atoms with Gasteiger partial charge in [0, 0.05) is 21.8 Å². The molecule has 0 fully saturated rings. The van der Waals surface area contributed by atoms with E-state index in [1.54, 1.807) is 30.1 Å². The first-order valence-electron chi connectivity index (χ1n) is 8.20. The Morgan fingerprint density at radius 1 is 1.04 bits per heavy atom. The summed E-state index contributed by atoms with van der Waals surface area (Å²) in [6.45, 7) is 0. The van der Waals surface area contributed by atoms with E-state index in [2.05, 4.69) is 20.3 Å². The number of nitrogens with one attached hydrogen (secondary N) is 2. The topological polar surface area (TPSA) is 70.7 Å². The van der Waals surface area contributed by atoms with Crippen molar-refractivity contribution in [2.75, 3.05) is 11.6 Å². The van der Waals surface area contributed by atoms with Gasteiger partial charge < -0.3 is 5.32 Å². The van der Waals surface area contributed by atoms with Crippen molar-refractivity contribution in [1.29, 1.82) is 0 Å². The first kappa shape index (κ1) is 17.6. The highest BCUT2D eigenvalue weighted by atomic mass is 35.5. The Morgan fingerprint density at radius 2 is 1.78 bits per heavy atom. The minimum absolute atomic E-state index is 0.242. The molecule has 0 aliphatic rings. The quantitative estimate of drug-likeness (QED) is 0.471. The number of fused-ring (bicyclic) bond motifs is 1. The van der Waals surface area contributed by atoms with Crippen molar-refractivity contribution >= 4 is 46.0 Å². The van der Waals surface area contributed by atoms with E-state index in [0.717, 1.165) is 16.8 Å². The fraction of sp³-hybridized carbons (Fsp3) is 0.0500. The number of aromatic amines is 1. The number of benzene rings is 2. The number of halogens is 1. The van der Waals surface area contributed by atoms with Gasteiger partial charge in [0.05, 0.1) is 5.39 Å². The molecule has 2 heterocycles. The van der Waals surface area contributed by atoms with Crippen molar-refractivity contribution < 1.29 is 0 Å². The molecule has 0 saturated heterocycles. The molecular formula is C20H15ClN4OS. The van der Waals surface area contributed by atoms with Crippen LogP contribution in [0.2, 0.25) is 5.02 Å². The molecule has 7 heteroatoms. The van der Waals surface area contributed by atoms with Gasteiger partial charge in [0.25, 0.3) is 5.56 Å². The van der Waals surface area contributed by atoms with Crippen LogP contribution in [0.15, 0.2) is 70.5 Å². The molecule has 2 aromatic carbocycles. The second-order valence-electron chi connectivity index (χ2n) is 5.83. The van der Waals surface area contributed by atoms with Crippen LogP contribution in [-0.4, -0.2) is 21.2 Å². The molecule has 0 amide bonds. The number of H-pyrrole nitrogens is 1. The summed E-state index contributed by atoms with van der Waals surface area (Å²) in [5.41, 5.74) is 2.67. The number of hydrogen-bond donors (Lipinski definition) is 2. The molecule has 0 aliphatic heterocycles. The summed E-state index contributed by atoms with van der Waals surface area (Å²) in [6, 6.07) is 17.0. The van der Waals surface area contributed by atoms with Crippen LogP contribution in [0.3, 0.4) is 0 Å². The van der Waals surface area contributed by atoms with Gasteiger partial charge in [-0.25, -0.2) is 4.98 Å². The fourth-order valence-corrected chi connectivity index (χ4v) is 3.34. The molecule has 4 aromatic rings. The lowest BCUT2D eigenvalue weighted by atomic mass is 10.0. The van der Waals surface area contributed by atoms with Crippen molar-refractivity contribution in [3.05, 3.63) is 76.2 Å². The third-order valence-corrected chi connectivity index (χ3v) is 5.11. The summed E-state index contributed by atoms with van der Waals surface area (Å²) in [4.78, 5) is 25.5. The molecule has 27 heavy (non-hydrogen) atoms. The van der Waals surface area contributed by atoms with Crippen molar-refractivity contribution in [3.63, 3.8) is 0 Å². The maximum absolute atomic E-state index is 12.8. The summed E-state index contributed by atoms with van der Waals surface area (Å²) in [5.74, 6) is 0.331. The van der Waals surface area contributed by atoms with Gasteiger partial charge >= 0.3 is 0 Å². The Labute approximate surface area is 164 Å². The molecule has 0 spiro atoms. The molecule has 0 bridgehead atoms. The number of pyridine rings is 1. The number of aromatic nitrogens is 3. The van der Waals surface area contributed by atoms with E-state index >= 15 is 0 Å². The maximum Gasteiger partial charge on any atom is 0.262 e. The summed E-state index contributed by atoms with van der Waals surface area (Å²) >= 11 is 7.57. The Kier molecular flexibility index (Phi) is 4.83. The number of thioether (sulfide) groups is 1. The average molecular weight is 395 g/mol. The van der Waals surface area contributed by atoms with Crippen LogP contribution in [0, 0.1) is 0 Å². The molecule has 2 aromatic heterocycles. The Balaban J connectivity index is 1.77. The van der Waals surface area contributed by atoms with Crippen LogP contribution in [0.1, 0.15) is 0 Å². The zero-order valence-corrected chi connectivity index (χ0v) is 15.9. The Bertz CT molecular complexity index is 1160.